The average Bonchev–Trinajstić information content (AvgIpc) is 2.76. The maximum Gasteiger partial charge on any atom is 0.246 e. The molecule has 0 saturated carbocycles. The lowest BCUT2D eigenvalue weighted by Crippen LogP contribution is -2.33. The summed E-state index contributed by atoms with van der Waals surface area (Å²) in [4.78, 5) is 0.236. The fraction of sp³-hybridized carbons (Fsp3) is 0.471. The standard InChI is InChI=1S/C17H21F2N3O2S2/c1-11-17(12(2)21(3)20-11)26(23,24)22-7-6-16(25-9-8-22)14-10-13(18)4-5-15(14)19/h4-5,10,16H,6-9H2,1-3H3. The van der Waals surface area contributed by atoms with Gasteiger partial charge in [0, 0.05) is 36.7 Å². The summed E-state index contributed by atoms with van der Waals surface area (Å²) in [6, 6.07) is 3.41. The molecule has 1 fully saturated rings. The summed E-state index contributed by atoms with van der Waals surface area (Å²) in [5.41, 5.74) is 1.35. The van der Waals surface area contributed by atoms with Crippen molar-refractivity contribution < 1.29 is 17.2 Å². The molecule has 1 aliphatic heterocycles. The molecule has 1 aromatic heterocycles. The Hall–Kier alpha value is -1.45. The normalized spacial score (nSPS) is 19.5. The number of nitrogens with zero attached hydrogens (tertiary/aromatic N) is 3. The van der Waals surface area contributed by atoms with E-state index in [1.807, 2.05) is 0 Å². The molecule has 0 N–H and O–H groups in total. The Morgan fingerprint density at radius 2 is 1.96 bits per heavy atom. The minimum Gasteiger partial charge on any atom is -0.271 e. The van der Waals surface area contributed by atoms with E-state index in [1.54, 1.807) is 25.6 Å². The largest absolute Gasteiger partial charge is 0.271 e. The number of benzene rings is 1. The zero-order chi connectivity index (χ0) is 19.1. The van der Waals surface area contributed by atoms with Crippen molar-refractivity contribution in [1.82, 2.24) is 14.1 Å². The van der Waals surface area contributed by atoms with Gasteiger partial charge in [0.2, 0.25) is 10.0 Å². The van der Waals surface area contributed by atoms with Crippen molar-refractivity contribution >= 4 is 21.8 Å². The summed E-state index contributed by atoms with van der Waals surface area (Å²) in [5, 5.41) is 3.92. The Morgan fingerprint density at radius 3 is 2.62 bits per heavy atom. The van der Waals surface area contributed by atoms with Crippen LogP contribution >= 0.6 is 11.8 Å². The summed E-state index contributed by atoms with van der Waals surface area (Å²) in [6.07, 6.45) is 0.419. The van der Waals surface area contributed by atoms with E-state index in [0.717, 1.165) is 12.1 Å². The zero-order valence-corrected chi connectivity index (χ0v) is 16.5. The van der Waals surface area contributed by atoms with Crippen LogP contribution in [0.25, 0.3) is 0 Å². The van der Waals surface area contributed by atoms with Gasteiger partial charge in [0.05, 0.1) is 11.4 Å². The Balaban J connectivity index is 1.85. The minimum absolute atomic E-state index is 0.236. The third kappa shape index (κ3) is 3.52. The van der Waals surface area contributed by atoms with E-state index in [1.165, 1.54) is 22.1 Å². The highest BCUT2D eigenvalue weighted by Crippen LogP contribution is 2.37. The average molecular weight is 402 g/mol. The van der Waals surface area contributed by atoms with E-state index < -0.39 is 21.7 Å². The van der Waals surface area contributed by atoms with Crippen LogP contribution in [0.5, 0.6) is 0 Å². The maximum atomic E-state index is 14.1. The molecule has 1 aromatic carbocycles. The molecule has 2 heterocycles. The molecule has 0 radical (unpaired) electrons. The highest BCUT2D eigenvalue weighted by Gasteiger charge is 2.33. The minimum atomic E-state index is -3.68. The summed E-state index contributed by atoms with van der Waals surface area (Å²) in [5.74, 6) is -0.436. The molecular formula is C17H21F2N3O2S2. The van der Waals surface area contributed by atoms with E-state index in [0.29, 0.717) is 35.7 Å². The molecule has 0 spiro atoms. The molecule has 0 amide bonds. The predicted octanol–water partition coefficient (Wildman–Crippen LogP) is 3.18. The summed E-state index contributed by atoms with van der Waals surface area (Å²) in [7, 11) is -1.97. The Morgan fingerprint density at radius 1 is 1.23 bits per heavy atom. The van der Waals surface area contributed by atoms with Gasteiger partial charge in [-0.25, -0.2) is 17.2 Å². The smallest absolute Gasteiger partial charge is 0.246 e. The highest BCUT2D eigenvalue weighted by atomic mass is 32.2. The second-order valence-electron chi connectivity index (χ2n) is 6.34. The zero-order valence-electron chi connectivity index (χ0n) is 14.9. The number of aryl methyl sites for hydroxylation is 2. The number of rotatable bonds is 3. The first-order valence-corrected chi connectivity index (χ1v) is 10.8. The second-order valence-corrected chi connectivity index (χ2v) is 9.53. The SMILES string of the molecule is Cc1nn(C)c(C)c1S(=O)(=O)N1CCSC(c2cc(F)ccc2F)CC1. The Labute approximate surface area is 156 Å². The molecule has 3 rings (SSSR count). The Bertz CT molecular complexity index is 928. The van der Waals surface area contributed by atoms with Crippen LogP contribution in [-0.2, 0) is 17.1 Å². The molecule has 26 heavy (non-hydrogen) atoms. The summed E-state index contributed by atoms with van der Waals surface area (Å²) in [6.45, 7) is 3.99. The molecule has 2 aromatic rings. The van der Waals surface area contributed by atoms with Crippen molar-refractivity contribution in [2.45, 2.75) is 30.4 Å². The molecule has 0 aliphatic carbocycles. The topological polar surface area (TPSA) is 55.2 Å². The quantitative estimate of drug-likeness (QED) is 0.793. The van der Waals surface area contributed by atoms with Gasteiger partial charge in [-0.3, -0.25) is 4.68 Å². The molecule has 142 valence electrons. The van der Waals surface area contributed by atoms with Crippen LogP contribution in [0, 0.1) is 25.5 Å². The van der Waals surface area contributed by atoms with Crippen molar-refractivity contribution in [3.63, 3.8) is 0 Å². The number of sulfonamides is 1. The molecule has 1 saturated heterocycles. The molecule has 1 atom stereocenters. The van der Waals surface area contributed by atoms with Gasteiger partial charge < -0.3 is 0 Å². The lowest BCUT2D eigenvalue weighted by Gasteiger charge is -2.20. The van der Waals surface area contributed by atoms with Crippen molar-refractivity contribution in [3.05, 3.63) is 46.8 Å². The van der Waals surface area contributed by atoms with Crippen LogP contribution in [0.4, 0.5) is 8.78 Å². The molecule has 1 aliphatic rings. The van der Waals surface area contributed by atoms with Gasteiger partial charge in [0.1, 0.15) is 16.5 Å². The van der Waals surface area contributed by atoms with Crippen molar-refractivity contribution in [2.75, 3.05) is 18.8 Å². The second kappa shape index (κ2) is 7.28. The number of hydrogen-bond acceptors (Lipinski definition) is 4. The third-order valence-corrected chi connectivity index (χ3v) is 8.11. The molecule has 9 heteroatoms. The molecular weight excluding hydrogens is 380 g/mol. The summed E-state index contributed by atoms with van der Waals surface area (Å²) < 4.78 is 56.7. The monoisotopic (exact) mass is 401 g/mol. The lowest BCUT2D eigenvalue weighted by molar-refractivity contribution is 0.426. The third-order valence-electron chi connectivity index (χ3n) is 4.65. The number of aromatic nitrogens is 2. The van der Waals surface area contributed by atoms with Gasteiger partial charge in [0.15, 0.2) is 0 Å². The fourth-order valence-electron chi connectivity index (χ4n) is 3.26. The van der Waals surface area contributed by atoms with E-state index in [-0.39, 0.29) is 16.7 Å². The first kappa shape index (κ1) is 19.3. The van der Waals surface area contributed by atoms with E-state index in [9.17, 15) is 17.2 Å². The van der Waals surface area contributed by atoms with Crippen LogP contribution in [0.1, 0.15) is 28.6 Å². The van der Waals surface area contributed by atoms with Crippen LogP contribution in [0.2, 0.25) is 0 Å². The van der Waals surface area contributed by atoms with Crippen LogP contribution in [0.3, 0.4) is 0 Å². The van der Waals surface area contributed by atoms with Crippen LogP contribution in [0.15, 0.2) is 23.1 Å². The predicted molar refractivity (Wildman–Crippen MR) is 97.6 cm³/mol. The molecule has 5 nitrogen and oxygen atoms in total. The van der Waals surface area contributed by atoms with Gasteiger partial charge in [-0.1, -0.05) is 0 Å². The summed E-state index contributed by atoms with van der Waals surface area (Å²) >= 11 is 1.46. The fourth-order valence-corrected chi connectivity index (χ4v) is 6.47. The van der Waals surface area contributed by atoms with E-state index in [2.05, 4.69) is 5.10 Å². The lowest BCUT2D eigenvalue weighted by atomic mass is 10.1. The van der Waals surface area contributed by atoms with Crippen molar-refractivity contribution in [3.8, 4) is 0 Å². The van der Waals surface area contributed by atoms with Gasteiger partial charge in [-0.05, 0) is 38.5 Å². The van der Waals surface area contributed by atoms with Gasteiger partial charge >= 0.3 is 0 Å². The maximum absolute atomic E-state index is 14.1. The number of thioether (sulfide) groups is 1. The van der Waals surface area contributed by atoms with Gasteiger partial charge in [0.25, 0.3) is 0 Å². The molecule has 0 bridgehead atoms. The van der Waals surface area contributed by atoms with Crippen LogP contribution < -0.4 is 0 Å². The first-order chi connectivity index (χ1) is 12.2. The van der Waals surface area contributed by atoms with E-state index >= 15 is 0 Å². The highest BCUT2D eigenvalue weighted by molar-refractivity contribution is 7.99. The first-order valence-electron chi connectivity index (χ1n) is 8.28. The van der Waals surface area contributed by atoms with Crippen molar-refractivity contribution in [1.29, 1.82) is 0 Å². The Kier molecular flexibility index (Phi) is 5.41. The van der Waals surface area contributed by atoms with Crippen LogP contribution in [-0.4, -0.2) is 41.3 Å². The number of halogens is 2. The van der Waals surface area contributed by atoms with Gasteiger partial charge in [-0.2, -0.15) is 21.2 Å². The van der Waals surface area contributed by atoms with Gasteiger partial charge in [-0.15, -0.1) is 0 Å². The molecule has 1 unspecified atom stereocenters. The van der Waals surface area contributed by atoms with E-state index in [4.69, 9.17) is 0 Å². The van der Waals surface area contributed by atoms with Crippen molar-refractivity contribution in [2.24, 2.45) is 7.05 Å². The number of hydrogen-bond donors (Lipinski definition) is 0.